The second-order valence-corrected chi connectivity index (χ2v) is 3.24. The van der Waals surface area contributed by atoms with Gasteiger partial charge >= 0.3 is 0 Å². The lowest BCUT2D eigenvalue weighted by molar-refractivity contribution is 0.460. The zero-order valence-corrected chi connectivity index (χ0v) is 6.99. The Morgan fingerprint density at radius 2 is 2.00 bits per heavy atom. The summed E-state index contributed by atoms with van der Waals surface area (Å²) in [5, 5.41) is 7.24. The predicted molar refractivity (Wildman–Crippen MR) is 40.8 cm³/mol. The summed E-state index contributed by atoms with van der Waals surface area (Å²) in [5.74, 6) is 0.253. The smallest absolute Gasteiger partial charge is 0.190 e. The van der Waals surface area contributed by atoms with Crippen molar-refractivity contribution in [1.82, 2.24) is 0 Å². The Kier molecular flexibility index (Phi) is 3.09. The molecule has 0 saturated heterocycles. The van der Waals surface area contributed by atoms with Crippen molar-refractivity contribution in [3.8, 4) is 0 Å². The van der Waals surface area contributed by atoms with Crippen LogP contribution >= 0.6 is 8.96 Å². The SMILES string of the molecule is CC(C)(C)C(=N)OPN. The van der Waals surface area contributed by atoms with E-state index >= 15 is 0 Å². The predicted octanol–water partition coefficient (Wildman–Crippen LogP) is 1.49. The lowest BCUT2D eigenvalue weighted by Gasteiger charge is -2.17. The number of nitrogens with one attached hydrogen (secondary N) is 1. The van der Waals surface area contributed by atoms with E-state index in [0.717, 1.165) is 0 Å². The molecule has 1 atom stereocenters. The van der Waals surface area contributed by atoms with Crippen molar-refractivity contribution in [3.05, 3.63) is 0 Å². The molecule has 3 nitrogen and oxygen atoms in total. The zero-order valence-electron chi connectivity index (χ0n) is 5.99. The molecule has 0 aliphatic heterocycles. The van der Waals surface area contributed by atoms with Crippen LogP contribution in [0.5, 0.6) is 0 Å². The van der Waals surface area contributed by atoms with Crippen molar-refractivity contribution in [3.63, 3.8) is 0 Å². The van der Waals surface area contributed by atoms with Gasteiger partial charge in [-0.15, -0.1) is 0 Å². The number of hydrogen-bond donors (Lipinski definition) is 2. The molecule has 0 fully saturated rings. The Bertz CT molecular complexity index is 108. The maximum absolute atomic E-state index is 7.24. The molecule has 0 radical (unpaired) electrons. The van der Waals surface area contributed by atoms with E-state index in [1.807, 2.05) is 20.8 Å². The van der Waals surface area contributed by atoms with E-state index in [2.05, 4.69) is 0 Å². The van der Waals surface area contributed by atoms with Gasteiger partial charge in [-0.2, -0.15) is 0 Å². The van der Waals surface area contributed by atoms with Gasteiger partial charge in [0.1, 0.15) is 8.96 Å². The molecule has 0 heterocycles. The topological polar surface area (TPSA) is 59.1 Å². The third kappa shape index (κ3) is 3.44. The van der Waals surface area contributed by atoms with Crippen LogP contribution in [-0.2, 0) is 4.52 Å². The van der Waals surface area contributed by atoms with Crippen LogP contribution in [0.3, 0.4) is 0 Å². The lowest BCUT2D eigenvalue weighted by Crippen LogP contribution is -2.19. The molecule has 0 aromatic carbocycles. The third-order valence-corrected chi connectivity index (χ3v) is 1.16. The molecule has 54 valence electrons. The Morgan fingerprint density at radius 1 is 1.56 bits per heavy atom. The average molecular weight is 148 g/mol. The minimum atomic E-state index is -0.202. The van der Waals surface area contributed by atoms with Gasteiger partial charge < -0.3 is 4.52 Å². The van der Waals surface area contributed by atoms with E-state index in [-0.39, 0.29) is 20.3 Å². The molecule has 0 aliphatic rings. The van der Waals surface area contributed by atoms with Crippen molar-refractivity contribution >= 4 is 14.9 Å². The first kappa shape index (κ1) is 8.86. The van der Waals surface area contributed by atoms with Crippen LogP contribution < -0.4 is 5.50 Å². The molecule has 4 heteroatoms. The van der Waals surface area contributed by atoms with Crippen molar-refractivity contribution < 1.29 is 4.52 Å². The van der Waals surface area contributed by atoms with Crippen LogP contribution in [0.15, 0.2) is 0 Å². The van der Waals surface area contributed by atoms with Crippen LogP contribution in [0.25, 0.3) is 0 Å². The van der Waals surface area contributed by atoms with Gasteiger partial charge in [0.15, 0.2) is 5.90 Å². The fourth-order valence-corrected chi connectivity index (χ4v) is 0.636. The van der Waals surface area contributed by atoms with Gasteiger partial charge in [0, 0.05) is 5.41 Å². The molecule has 3 N–H and O–H groups in total. The van der Waals surface area contributed by atoms with Crippen LogP contribution in [0.1, 0.15) is 20.8 Å². The van der Waals surface area contributed by atoms with Crippen molar-refractivity contribution in [2.75, 3.05) is 0 Å². The molecule has 1 unspecified atom stereocenters. The van der Waals surface area contributed by atoms with Gasteiger partial charge in [-0.05, 0) is 0 Å². The van der Waals surface area contributed by atoms with Crippen LogP contribution in [0, 0.1) is 10.8 Å². The van der Waals surface area contributed by atoms with Gasteiger partial charge in [-0.25, -0.2) is 0 Å². The van der Waals surface area contributed by atoms with E-state index < -0.39 is 0 Å². The molecule has 0 aliphatic carbocycles. The highest BCUT2D eigenvalue weighted by molar-refractivity contribution is 7.29. The summed E-state index contributed by atoms with van der Waals surface area (Å²) in [4.78, 5) is 0. The van der Waals surface area contributed by atoms with E-state index in [0.29, 0.717) is 0 Å². The van der Waals surface area contributed by atoms with Crippen molar-refractivity contribution in [2.45, 2.75) is 20.8 Å². The molecule has 0 rings (SSSR count). The first-order valence-electron chi connectivity index (χ1n) is 2.70. The highest BCUT2D eigenvalue weighted by atomic mass is 31.1. The van der Waals surface area contributed by atoms with E-state index in [4.69, 9.17) is 15.4 Å². The second-order valence-electron chi connectivity index (χ2n) is 2.80. The summed E-state index contributed by atoms with van der Waals surface area (Å²) < 4.78 is 4.80. The Balaban J connectivity index is 3.74. The van der Waals surface area contributed by atoms with Crippen LogP contribution in [0.2, 0.25) is 0 Å². The van der Waals surface area contributed by atoms with E-state index in [9.17, 15) is 0 Å². The van der Waals surface area contributed by atoms with Gasteiger partial charge in [0.25, 0.3) is 0 Å². The standard InChI is InChI=1S/C5H13N2OP/c1-5(2,3)4(6)8-9-7/h6,9H,7H2,1-3H3. The van der Waals surface area contributed by atoms with Crippen molar-refractivity contribution in [2.24, 2.45) is 10.9 Å². The second kappa shape index (κ2) is 3.14. The summed E-state index contributed by atoms with van der Waals surface area (Å²) in [6.07, 6.45) is 0. The molecule has 0 spiro atoms. The van der Waals surface area contributed by atoms with E-state index in [1.54, 1.807) is 0 Å². The molecule has 0 bridgehead atoms. The highest BCUT2D eigenvalue weighted by Crippen LogP contribution is 2.18. The molecule has 0 saturated carbocycles. The zero-order chi connectivity index (χ0) is 7.49. The minimum Gasteiger partial charge on any atom is -0.448 e. The Morgan fingerprint density at radius 3 is 2.11 bits per heavy atom. The van der Waals surface area contributed by atoms with Gasteiger partial charge in [-0.3, -0.25) is 10.9 Å². The van der Waals surface area contributed by atoms with Gasteiger partial charge in [-0.1, -0.05) is 20.8 Å². The molecule has 0 aromatic heterocycles. The molecule has 9 heavy (non-hydrogen) atoms. The minimum absolute atomic E-state index is 0.113. The maximum atomic E-state index is 7.24. The third-order valence-electron chi connectivity index (χ3n) is 0.842. The first-order chi connectivity index (χ1) is 3.98. The monoisotopic (exact) mass is 148 g/mol. The summed E-state index contributed by atoms with van der Waals surface area (Å²) in [6, 6.07) is 0. The maximum Gasteiger partial charge on any atom is 0.190 e. The fourth-order valence-electron chi connectivity index (χ4n) is 0.212. The molecular weight excluding hydrogens is 135 g/mol. The number of rotatable bonds is 1. The summed E-state index contributed by atoms with van der Waals surface area (Å²) in [7, 11) is -0.113. The Labute approximate surface area is 57.4 Å². The number of hydrogen-bond acceptors (Lipinski definition) is 3. The average Bonchev–Trinajstić information content (AvgIpc) is 1.64. The molecule has 0 amide bonds. The quantitative estimate of drug-likeness (QED) is 0.336. The largest absolute Gasteiger partial charge is 0.448 e. The van der Waals surface area contributed by atoms with Crippen LogP contribution in [-0.4, -0.2) is 5.90 Å². The fraction of sp³-hybridized carbons (Fsp3) is 0.800. The molecular formula is C5H13N2OP. The summed E-state index contributed by atoms with van der Waals surface area (Å²) in [6.45, 7) is 5.74. The van der Waals surface area contributed by atoms with Crippen molar-refractivity contribution in [1.29, 1.82) is 5.41 Å². The van der Waals surface area contributed by atoms with E-state index in [1.165, 1.54) is 0 Å². The summed E-state index contributed by atoms with van der Waals surface area (Å²) >= 11 is 0. The Hall–Kier alpha value is -0.140. The van der Waals surface area contributed by atoms with Gasteiger partial charge in [0.05, 0.1) is 0 Å². The first-order valence-corrected chi connectivity index (χ1v) is 3.68. The normalized spacial score (nSPS) is 12.4. The highest BCUT2D eigenvalue weighted by Gasteiger charge is 2.17. The summed E-state index contributed by atoms with van der Waals surface area (Å²) in [5.41, 5.74) is 4.89. The van der Waals surface area contributed by atoms with Gasteiger partial charge in [0.2, 0.25) is 0 Å². The lowest BCUT2D eigenvalue weighted by atomic mass is 9.97. The van der Waals surface area contributed by atoms with Crippen LogP contribution in [0.4, 0.5) is 0 Å². The molecule has 0 aromatic rings. The number of nitrogens with two attached hydrogens (primary N) is 1.